The summed E-state index contributed by atoms with van der Waals surface area (Å²) in [5.74, 6) is -0.892. The molecule has 1 heterocycles. The highest BCUT2D eigenvalue weighted by Crippen LogP contribution is 2.40. The summed E-state index contributed by atoms with van der Waals surface area (Å²) in [5.41, 5.74) is -0.404. The molecule has 1 aromatic carbocycles. The van der Waals surface area contributed by atoms with E-state index in [4.69, 9.17) is 4.74 Å². The van der Waals surface area contributed by atoms with Crippen LogP contribution < -0.4 is 4.74 Å². The minimum atomic E-state index is -4.93. The van der Waals surface area contributed by atoms with Crippen LogP contribution in [0.4, 0.5) is 17.6 Å². The summed E-state index contributed by atoms with van der Waals surface area (Å²) in [6, 6.07) is 1.96. The maximum absolute atomic E-state index is 13.7. The smallest absolute Gasteiger partial charge is 0.409 e. The Bertz CT molecular complexity index is 857. The van der Waals surface area contributed by atoms with Gasteiger partial charge in [-0.25, -0.2) is 12.8 Å². The van der Waals surface area contributed by atoms with E-state index >= 15 is 0 Å². The molecular formula is C15H15F4N3O3S. The van der Waals surface area contributed by atoms with Crippen LogP contribution in [0.3, 0.4) is 0 Å². The Morgan fingerprint density at radius 1 is 1.23 bits per heavy atom. The highest BCUT2D eigenvalue weighted by molar-refractivity contribution is 7.89. The number of methoxy groups -OCH3 is 1. The molecule has 0 spiro atoms. The molecule has 11 heteroatoms. The SMILES string of the molecule is CCN([C@@H](c1ccc(F)cc1)C(F)(F)F)S(=O)(=O)c1cnnc(OC)c1. The number of hydrogen-bond acceptors (Lipinski definition) is 5. The van der Waals surface area contributed by atoms with E-state index in [1.165, 1.54) is 14.0 Å². The van der Waals surface area contributed by atoms with Gasteiger partial charge in [-0.15, -0.1) is 5.10 Å². The van der Waals surface area contributed by atoms with Crippen molar-refractivity contribution in [3.05, 3.63) is 47.9 Å². The third-order valence-electron chi connectivity index (χ3n) is 3.52. The highest BCUT2D eigenvalue weighted by atomic mass is 32.2. The lowest BCUT2D eigenvalue weighted by Crippen LogP contribution is -2.42. The third kappa shape index (κ3) is 4.10. The van der Waals surface area contributed by atoms with Gasteiger partial charge in [-0.3, -0.25) is 0 Å². The van der Waals surface area contributed by atoms with E-state index < -0.39 is 45.1 Å². The standard InChI is InChI=1S/C15H15F4N3O3S/c1-3-22(26(23,24)12-8-13(25-2)21-20-9-12)14(15(17,18)19)10-4-6-11(16)7-5-10/h4-9,14H,3H2,1-2H3/t14-/m0/s1. The Morgan fingerprint density at radius 3 is 2.35 bits per heavy atom. The molecule has 6 nitrogen and oxygen atoms in total. The van der Waals surface area contributed by atoms with Gasteiger partial charge in [-0.05, 0) is 17.7 Å². The molecule has 0 amide bonds. The van der Waals surface area contributed by atoms with Crippen LogP contribution in [0.25, 0.3) is 0 Å². The van der Waals surface area contributed by atoms with Crippen molar-refractivity contribution in [1.82, 2.24) is 14.5 Å². The molecule has 0 aliphatic carbocycles. The topological polar surface area (TPSA) is 72.4 Å². The van der Waals surface area contributed by atoms with Gasteiger partial charge < -0.3 is 4.74 Å². The van der Waals surface area contributed by atoms with Gasteiger partial charge in [0, 0.05) is 12.6 Å². The van der Waals surface area contributed by atoms with Crippen molar-refractivity contribution in [2.24, 2.45) is 0 Å². The number of nitrogens with zero attached hydrogens (tertiary/aromatic N) is 3. The number of aromatic nitrogens is 2. The number of alkyl halides is 3. The fourth-order valence-corrected chi connectivity index (χ4v) is 3.92. The molecule has 2 aromatic rings. The van der Waals surface area contributed by atoms with Gasteiger partial charge >= 0.3 is 6.18 Å². The Morgan fingerprint density at radius 2 is 1.85 bits per heavy atom. The summed E-state index contributed by atoms with van der Waals surface area (Å²) in [6.45, 7) is 0.792. The van der Waals surface area contributed by atoms with Crippen molar-refractivity contribution < 1.29 is 30.7 Å². The van der Waals surface area contributed by atoms with Crippen molar-refractivity contribution >= 4 is 10.0 Å². The lowest BCUT2D eigenvalue weighted by molar-refractivity contribution is -0.173. The molecular weight excluding hydrogens is 378 g/mol. The third-order valence-corrected chi connectivity index (χ3v) is 5.42. The van der Waals surface area contributed by atoms with Crippen LogP contribution in [0.2, 0.25) is 0 Å². The first-order valence-electron chi connectivity index (χ1n) is 7.32. The van der Waals surface area contributed by atoms with Gasteiger partial charge in [0.1, 0.15) is 16.8 Å². The number of rotatable bonds is 6. The summed E-state index contributed by atoms with van der Waals surface area (Å²) in [4.78, 5) is -0.498. The average molecular weight is 393 g/mol. The Balaban J connectivity index is 2.58. The second kappa shape index (κ2) is 7.54. The van der Waals surface area contributed by atoms with Crippen molar-refractivity contribution in [3.8, 4) is 5.88 Å². The number of hydrogen-bond donors (Lipinski definition) is 0. The minimum absolute atomic E-state index is 0.160. The maximum atomic E-state index is 13.7. The van der Waals surface area contributed by atoms with Crippen LogP contribution in [0, 0.1) is 5.82 Å². The molecule has 142 valence electrons. The van der Waals surface area contributed by atoms with Crippen molar-refractivity contribution in [1.29, 1.82) is 0 Å². The summed E-state index contributed by atoms with van der Waals surface area (Å²) < 4.78 is 84.7. The number of benzene rings is 1. The molecule has 1 atom stereocenters. The highest BCUT2D eigenvalue weighted by Gasteiger charge is 2.48. The summed E-state index contributed by atoms with van der Waals surface area (Å²) >= 11 is 0. The molecule has 1 aromatic heterocycles. The first kappa shape index (κ1) is 20.0. The zero-order valence-electron chi connectivity index (χ0n) is 13.7. The predicted molar refractivity (Wildman–Crippen MR) is 83.3 cm³/mol. The molecule has 0 N–H and O–H groups in total. The van der Waals surface area contributed by atoms with Gasteiger partial charge in [-0.1, -0.05) is 19.1 Å². The second-order valence-corrected chi connectivity index (χ2v) is 7.03. The molecule has 0 unspecified atom stereocenters. The van der Waals surface area contributed by atoms with E-state index in [9.17, 15) is 26.0 Å². The van der Waals surface area contributed by atoms with E-state index in [-0.39, 0.29) is 10.2 Å². The molecule has 0 saturated carbocycles. The lowest BCUT2D eigenvalue weighted by atomic mass is 10.1. The zero-order valence-corrected chi connectivity index (χ0v) is 14.6. The van der Waals surface area contributed by atoms with Crippen molar-refractivity contribution in [2.45, 2.75) is 24.0 Å². The van der Waals surface area contributed by atoms with Crippen LogP contribution >= 0.6 is 0 Å². The second-order valence-electron chi connectivity index (χ2n) is 5.14. The van der Waals surface area contributed by atoms with E-state index in [1.54, 1.807) is 0 Å². The predicted octanol–water partition coefficient (Wildman–Crippen LogP) is 2.94. The fourth-order valence-electron chi connectivity index (χ4n) is 2.36. The normalized spacial score (nSPS) is 13.7. The Hall–Kier alpha value is -2.27. The molecule has 0 radical (unpaired) electrons. The number of ether oxygens (including phenoxy) is 1. The lowest BCUT2D eigenvalue weighted by Gasteiger charge is -2.31. The molecule has 2 rings (SSSR count). The van der Waals surface area contributed by atoms with Crippen molar-refractivity contribution in [2.75, 3.05) is 13.7 Å². The molecule has 26 heavy (non-hydrogen) atoms. The van der Waals surface area contributed by atoms with Gasteiger partial charge in [0.25, 0.3) is 0 Å². The largest absolute Gasteiger partial charge is 0.480 e. The summed E-state index contributed by atoms with van der Waals surface area (Å²) in [5, 5.41) is 6.93. The summed E-state index contributed by atoms with van der Waals surface area (Å²) in [7, 11) is -3.37. The number of halogens is 4. The maximum Gasteiger partial charge on any atom is 0.409 e. The van der Waals surface area contributed by atoms with Crippen LogP contribution in [-0.4, -0.2) is 42.8 Å². The average Bonchev–Trinajstić information content (AvgIpc) is 2.59. The number of sulfonamides is 1. The molecule has 0 bridgehead atoms. The monoisotopic (exact) mass is 393 g/mol. The molecule has 0 aliphatic heterocycles. The van der Waals surface area contributed by atoms with Gasteiger partial charge in [0.2, 0.25) is 15.9 Å². The van der Waals surface area contributed by atoms with Crippen LogP contribution in [-0.2, 0) is 10.0 Å². The minimum Gasteiger partial charge on any atom is -0.480 e. The van der Waals surface area contributed by atoms with E-state index in [0.717, 1.165) is 36.5 Å². The molecule has 0 saturated heterocycles. The summed E-state index contributed by atoms with van der Waals surface area (Å²) in [6.07, 6.45) is -4.09. The van der Waals surface area contributed by atoms with E-state index in [1.807, 2.05) is 0 Å². The zero-order chi connectivity index (χ0) is 19.5. The van der Waals surface area contributed by atoms with Crippen molar-refractivity contribution in [3.63, 3.8) is 0 Å². The quantitative estimate of drug-likeness (QED) is 0.706. The van der Waals surface area contributed by atoms with Crippen LogP contribution in [0.1, 0.15) is 18.5 Å². The molecule has 0 aliphatic rings. The van der Waals surface area contributed by atoms with Crippen LogP contribution in [0.15, 0.2) is 41.4 Å². The van der Waals surface area contributed by atoms with E-state index in [2.05, 4.69) is 10.2 Å². The first-order valence-corrected chi connectivity index (χ1v) is 8.76. The van der Waals surface area contributed by atoms with Gasteiger partial charge in [0.15, 0.2) is 0 Å². The van der Waals surface area contributed by atoms with Crippen LogP contribution in [0.5, 0.6) is 5.88 Å². The first-order chi connectivity index (χ1) is 12.1. The Labute approximate surface area is 147 Å². The Kier molecular flexibility index (Phi) is 5.81. The van der Waals surface area contributed by atoms with Gasteiger partial charge in [-0.2, -0.15) is 22.6 Å². The fraction of sp³-hybridized carbons (Fsp3) is 0.333. The molecule has 0 fully saturated rings. The van der Waals surface area contributed by atoms with E-state index in [0.29, 0.717) is 0 Å². The van der Waals surface area contributed by atoms with Gasteiger partial charge in [0.05, 0.1) is 13.3 Å².